The van der Waals surface area contributed by atoms with Gasteiger partial charge in [-0.3, -0.25) is 4.79 Å². The largest absolute Gasteiger partial charge is 0.322 e. The molecule has 6 heteroatoms. The maximum Gasteiger partial charge on any atom is 0.241 e. The number of pyridine rings is 1. The molecule has 0 saturated carbocycles. The second-order valence-corrected chi connectivity index (χ2v) is 4.56. The third-order valence-corrected chi connectivity index (χ3v) is 2.79. The Bertz CT molecular complexity index is 400. The first kappa shape index (κ1) is 14.2. The molecule has 0 aliphatic carbocycles. The van der Waals surface area contributed by atoms with Crippen LogP contribution in [-0.2, 0) is 4.79 Å². The first-order valence-electron chi connectivity index (χ1n) is 5.34. The summed E-state index contributed by atoms with van der Waals surface area (Å²) in [7, 11) is 0. The lowest BCUT2D eigenvalue weighted by Crippen LogP contribution is -2.35. The number of carbonyl (C=O) groups excluding carboxylic acids is 1. The van der Waals surface area contributed by atoms with Gasteiger partial charge in [0.2, 0.25) is 5.91 Å². The summed E-state index contributed by atoms with van der Waals surface area (Å²) in [5.41, 5.74) is 6.93. The predicted molar refractivity (Wildman–Crippen MR) is 70.5 cm³/mol. The van der Waals surface area contributed by atoms with Crippen molar-refractivity contribution in [2.75, 3.05) is 5.32 Å². The number of aryl methyl sites for hydroxylation is 1. The van der Waals surface area contributed by atoms with E-state index < -0.39 is 6.04 Å². The highest BCUT2D eigenvalue weighted by atomic mass is 35.5. The van der Waals surface area contributed by atoms with Crippen LogP contribution in [0.5, 0.6) is 0 Å². The number of halogens is 2. The zero-order valence-electron chi connectivity index (χ0n) is 9.76. The Kier molecular flexibility index (Phi) is 5.18. The van der Waals surface area contributed by atoms with Gasteiger partial charge in [-0.1, -0.05) is 36.5 Å². The Morgan fingerprint density at radius 1 is 1.59 bits per heavy atom. The fourth-order valence-corrected chi connectivity index (χ4v) is 1.98. The minimum atomic E-state index is -0.536. The van der Waals surface area contributed by atoms with Crippen molar-refractivity contribution in [1.82, 2.24) is 4.98 Å². The summed E-state index contributed by atoms with van der Waals surface area (Å²) in [6, 6.07) is 1.10. The van der Waals surface area contributed by atoms with Gasteiger partial charge in [-0.05, 0) is 25.0 Å². The van der Waals surface area contributed by atoms with E-state index in [0.29, 0.717) is 17.3 Å². The molecule has 0 aromatic carbocycles. The number of nitrogens with two attached hydrogens (primary N) is 1. The molecule has 94 valence electrons. The highest BCUT2D eigenvalue weighted by Gasteiger charge is 2.16. The zero-order chi connectivity index (χ0) is 13.0. The van der Waals surface area contributed by atoms with E-state index in [1.807, 2.05) is 6.92 Å². The molecule has 17 heavy (non-hydrogen) atoms. The maximum atomic E-state index is 11.7. The van der Waals surface area contributed by atoms with Crippen LogP contribution in [0.3, 0.4) is 0 Å². The Balaban J connectivity index is 2.85. The lowest BCUT2D eigenvalue weighted by atomic mass is 10.1. The average Bonchev–Trinajstić information content (AvgIpc) is 2.23. The molecule has 0 radical (unpaired) electrons. The summed E-state index contributed by atoms with van der Waals surface area (Å²) in [5, 5.41) is 3.14. The SMILES string of the molecule is CCCC(N)C(=O)Nc1c(C)cc(Cl)nc1Cl. The van der Waals surface area contributed by atoms with E-state index in [9.17, 15) is 4.79 Å². The molecule has 1 atom stereocenters. The number of carbonyl (C=O) groups is 1. The Hall–Kier alpha value is -0.840. The van der Waals surface area contributed by atoms with Gasteiger partial charge in [0.1, 0.15) is 5.15 Å². The van der Waals surface area contributed by atoms with Gasteiger partial charge in [-0.15, -0.1) is 0 Å². The van der Waals surface area contributed by atoms with Crippen LogP contribution in [0.25, 0.3) is 0 Å². The third-order valence-electron chi connectivity index (χ3n) is 2.33. The van der Waals surface area contributed by atoms with E-state index in [1.165, 1.54) is 0 Å². The predicted octanol–water partition coefficient (Wildman–Crippen LogP) is 2.76. The summed E-state index contributed by atoms with van der Waals surface area (Å²) in [4.78, 5) is 15.6. The molecule has 0 bridgehead atoms. The van der Waals surface area contributed by atoms with E-state index >= 15 is 0 Å². The van der Waals surface area contributed by atoms with Crippen LogP contribution in [0.2, 0.25) is 10.3 Å². The number of nitrogens with zero attached hydrogens (tertiary/aromatic N) is 1. The quantitative estimate of drug-likeness (QED) is 0.831. The Labute approximate surface area is 110 Å². The van der Waals surface area contributed by atoms with E-state index in [1.54, 1.807) is 13.0 Å². The highest BCUT2D eigenvalue weighted by Crippen LogP contribution is 2.26. The van der Waals surface area contributed by atoms with Gasteiger partial charge in [0, 0.05) is 0 Å². The first-order chi connectivity index (χ1) is 7.95. The van der Waals surface area contributed by atoms with Crippen molar-refractivity contribution in [1.29, 1.82) is 0 Å². The smallest absolute Gasteiger partial charge is 0.241 e. The van der Waals surface area contributed by atoms with E-state index in [0.717, 1.165) is 12.0 Å². The average molecular weight is 276 g/mol. The number of amides is 1. The number of anilines is 1. The number of nitrogens with one attached hydrogen (secondary N) is 1. The van der Waals surface area contributed by atoms with Crippen LogP contribution in [-0.4, -0.2) is 16.9 Å². The molecule has 1 aromatic heterocycles. The lowest BCUT2D eigenvalue weighted by Gasteiger charge is -2.13. The zero-order valence-corrected chi connectivity index (χ0v) is 11.3. The number of aromatic nitrogens is 1. The van der Waals surface area contributed by atoms with Crippen LogP contribution in [0.1, 0.15) is 25.3 Å². The summed E-state index contributed by atoms with van der Waals surface area (Å²) in [6.45, 7) is 3.76. The van der Waals surface area contributed by atoms with Crippen LogP contribution < -0.4 is 11.1 Å². The van der Waals surface area contributed by atoms with Crippen LogP contribution >= 0.6 is 23.2 Å². The standard InChI is InChI=1S/C11H15Cl2N3O/c1-3-4-7(14)11(17)16-9-6(2)5-8(12)15-10(9)13/h5,7H,3-4,14H2,1-2H3,(H,16,17). The third kappa shape index (κ3) is 3.84. The van der Waals surface area contributed by atoms with Gasteiger partial charge in [0.15, 0.2) is 5.15 Å². The van der Waals surface area contributed by atoms with Crippen molar-refractivity contribution in [2.45, 2.75) is 32.7 Å². The number of hydrogen-bond acceptors (Lipinski definition) is 3. The topological polar surface area (TPSA) is 68.0 Å². The molecule has 4 nitrogen and oxygen atoms in total. The molecule has 0 aliphatic rings. The minimum Gasteiger partial charge on any atom is -0.322 e. The van der Waals surface area contributed by atoms with Crippen molar-refractivity contribution in [3.8, 4) is 0 Å². The minimum absolute atomic E-state index is 0.173. The summed E-state index contributed by atoms with van der Waals surface area (Å²) in [5.74, 6) is -0.263. The Morgan fingerprint density at radius 2 is 2.24 bits per heavy atom. The molecule has 0 spiro atoms. The van der Waals surface area contributed by atoms with Crippen LogP contribution in [0, 0.1) is 6.92 Å². The molecule has 1 rings (SSSR count). The van der Waals surface area contributed by atoms with Gasteiger partial charge in [0.25, 0.3) is 0 Å². The monoisotopic (exact) mass is 275 g/mol. The second kappa shape index (κ2) is 6.19. The summed E-state index contributed by atoms with van der Waals surface area (Å²) >= 11 is 11.6. The fraction of sp³-hybridized carbons (Fsp3) is 0.455. The molecule has 0 aliphatic heterocycles. The molecule has 3 N–H and O–H groups in total. The van der Waals surface area contributed by atoms with Crippen molar-refractivity contribution < 1.29 is 4.79 Å². The van der Waals surface area contributed by atoms with E-state index in [-0.39, 0.29) is 11.1 Å². The second-order valence-electron chi connectivity index (χ2n) is 3.81. The number of hydrogen-bond donors (Lipinski definition) is 2. The van der Waals surface area contributed by atoms with Crippen molar-refractivity contribution in [3.05, 3.63) is 21.9 Å². The van der Waals surface area contributed by atoms with Gasteiger partial charge in [-0.25, -0.2) is 4.98 Å². The van der Waals surface area contributed by atoms with Crippen LogP contribution in [0.15, 0.2) is 6.07 Å². The van der Waals surface area contributed by atoms with E-state index in [4.69, 9.17) is 28.9 Å². The van der Waals surface area contributed by atoms with Crippen molar-refractivity contribution >= 4 is 34.8 Å². The molecule has 0 saturated heterocycles. The molecular weight excluding hydrogens is 261 g/mol. The molecule has 1 amide bonds. The van der Waals surface area contributed by atoms with Crippen molar-refractivity contribution in [3.63, 3.8) is 0 Å². The summed E-state index contributed by atoms with van der Waals surface area (Å²) < 4.78 is 0. The Morgan fingerprint density at radius 3 is 2.76 bits per heavy atom. The first-order valence-corrected chi connectivity index (χ1v) is 6.10. The molecule has 1 heterocycles. The molecule has 1 aromatic rings. The molecule has 0 fully saturated rings. The van der Waals surface area contributed by atoms with Crippen molar-refractivity contribution in [2.24, 2.45) is 5.73 Å². The molecule has 1 unspecified atom stereocenters. The van der Waals surface area contributed by atoms with E-state index in [2.05, 4.69) is 10.3 Å². The lowest BCUT2D eigenvalue weighted by molar-refractivity contribution is -0.117. The summed E-state index contributed by atoms with van der Waals surface area (Å²) in [6.07, 6.45) is 1.48. The molecular formula is C11H15Cl2N3O. The van der Waals surface area contributed by atoms with Crippen LogP contribution in [0.4, 0.5) is 5.69 Å². The fourth-order valence-electron chi connectivity index (χ4n) is 1.40. The highest BCUT2D eigenvalue weighted by molar-refractivity contribution is 6.34. The van der Waals surface area contributed by atoms with Gasteiger partial charge in [-0.2, -0.15) is 0 Å². The normalized spacial score (nSPS) is 12.3. The van der Waals surface area contributed by atoms with Gasteiger partial charge < -0.3 is 11.1 Å². The van der Waals surface area contributed by atoms with Gasteiger partial charge in [0.05, 0.1) is 11.7 Å². The van der Waals surface area contributed by atoms with Gasteiger partial charge >= 0.3 is 0 Å². The maximum absolute atomic E-state index is 11.7. The number of rotatable bonds is 4.